The van der Waals surface area contributed by atoms with E-state index in [4.69, 9.17) is 11.6 Å². The molecule has 1 atom stereocenters. The summed E-state index contributed by atoms with van der Waals surface area (Å²) in [7, 11) is 0. The molecule has 6 nitrogen and oxygen atoms in total. The molecule has 0 bridgehead atoms. The van der Waals surface area contributed by atoms with Crippen LogP contribution >= 0.6 is 22.9 Å². The van der Waals surface area contributed by atoms with Crippen LogP contribution in [0.2, 0.25) is 5.02 Å². The van der Waals surface area contributed by atoms with Gasteiger partial charge in [-0.15, -0.1) is 0 Å². The number of fused-ring (bicyclic) bond motifs is 1. The molecule has 3 aromatic rings. The molecular weight excluding hydrogens is 479 g/mol. The zero-order chi connectivity index (χ0) is 23.7. The molecule has 0 saturated heterocycles. The minimum absolute atomic E-state index is 0.0696. The Bertz CT molecular complexity index is 1240. The van der Waals surface area contributed by atoms with Crippen molar-refractivity contribution in [3.63, 3.8) is 0 Å². The summed E-state index contributed by atoms with van der Waals surface area (Å²) in [4.78, 5) is 42.0. The maximum atomic E-state index is 14.0. The first-order chi connectivity index (χ1) is 15.7. The van der Waals surface area contributed by atoms with E-state index in [-0.39, 0.29) is 46.5 Å². The predicted molar refractivity (Wildman–Crippen MR) is 116 cm³/mol. The topological polar surface area (TPSA) is 88.2 Å². The third kappa shape index (κ3) is 5.07. The Hall–Kier alpha value is -3.24. The lowest BCUT2D eigenvalue weighted by atomic mass is 9.89. The van der Waals surface area contributed by atoms with Crippen molar-refractivity contribution in [2.45, 2.75) is 19.4 Å². The highest BCUT2D eigenvalue weighted by Gasteiger charge is 2.33. The van der Waals surface area contributed by atoms with Gasteiger partial charge in [-0.2, -0.15) is 0 Å². The van der Waals surface area contributed by atoms with Gasteiger partial charge in [0, 0.05) is 25.5 Å². The summed E-state index contributed by atoms with van der Waals surface area (Å²) >= 11 is 6.83. The molecule has 0 unspecified atom stereocenters. The number of hydrogen-bond acceptors (Lipinski definition) is 5. The average molecular weight is 494 g/mol. The number of ketones is 1. The standard InChI is InChI=1S/C22H15ClF3N3O3S/c23-14-2-1-3-15(26)18(14)21(32)29-22-28-16-6-11(7-17(30)19(16)33-22)20(31)27-9-10-4-12(24)8-13(25)5-10/h1-5,8,11H,6-7,9H2,(H,27,31)(H,28,29,32)/t11-/m1/s1. The van der Waals surface area contributed by atoms with Crippen molar-refractivity contribution >= 4 is 45.7 Å². The van der Waals surface area contributed by atoms with Gasteiger partial charge in [0.2, 0.25) is 5.91 Å². The van der Waals surface area contributed by atoms with Crippen molar-refractivity contribution in [2.75, 3.05) is 5.32 Å². The van der Waals surface area contributed by atoms with E-state index in [1.165, 1.54) is 12.1 Å². The molecule has 1 aliphatic carbocycles. The molecule has 1 aromatic heterocycles. The zero-order valence-electron chi connectivity index (χ0n) is 16.8. The number of Topliss-reactive ketones (excluding diaryl/α,β-unsaturated/α-hetero) is 1. The molecule has 0 saturated carbocycles. The molecule has 0 fully saturated rings. The van der Waals surface area contributed by atoms with E-state index in [0.717, 1.165) is 35.6 Å². The van der Waals surface area contributed by atoms with Gasteiger partial charge in [-0.25, -0.2) is 18.2 Å². The van der Waals surface area contributed by atoms with E-state index in [9.17, 15) is 27.6 Å². The van der Waals surface area contributed by atoms with Crippen LogP contribution in [0.5, 0.6) is 0 Å². The van der Waals surface area contributed by atoms with E-state index in [1.807, 2.05) is 0 Å². The Morgan fingerprint density at radius 1 is 1.12 bits per heavy atom. The number of carbonyl (C=O) groups is 3. The monoisotopic (exact) mass is 493 g/mol. The van der Waals surface area contributed by atoms with Crippen LogP contribution in [-0.2, 0) is 17.8 Å². The van der Waals surface area contributed by atoms with Gasteiger partial charge < -0.3 is 5.32 Å². The largest absolute Gasteiger partial charge is 0.352 e. The third-order valence-electron chi connectivity index (χ3n) is 4.99. The lowest BCUT2D eigenvalue weighted by Gasteiger charge is -2.19. The van der Waals surface area contributed by atoms with Crippen LogP contribution in [0.4, 0.5) is 18.3 Å². The van der Waals surface area contributed by atoms with E-state index in [0.29, 0.717) is 10.6 Å². The Kier molecular flexibility index (Phi) is 6.48. The van der Waals surface area contributed by atoms with E-state index in [2.05, 4.69) is 15.6 Å². The number of carbonyl (C=O) groups excluding carboxylic acids is 3. The summed E-state index contributed by atoms with van der Waals surface area (Å²) in [6.07, 6.45) is 0.0578. The van der Waals surface area contributed by atoms with Crippen LogP contribution in [0, 0.1) is 23.4 Å². The number of thiazole rings is 1. The quantitative estimate of drug-likeness (QED) is 0.546. The normalized spacial score (nSPS) is 15.2. The van der Waals surface area contributed by atoms with Gasteiger partial charge in [0.15, 0.2) is 10.9 Å². The SMILES string of the molecule is O=C1C[C@H](C(=O)NCc2cc(F)cc(F)c2)Cc2nc(NC(=O)c3c(F)cccc3Cl)sc21. The van der Waals surface area contributed by atoms with Crippen LogP contribution in [0.25, 0.3) is 0 Å². The maximum Gasteiger partial charge on any atom is 0.261 e. The van der Waals surface area contributed by atoms with Gasteiger partial charge in [-0.05, 0) is 29.8 Å². The summed E-state index contributed by atoms with van der Waals surface area (Å²) in [6.45, 7) is -0.104. The minimum atomic E-state index is -0.812. The molecule has 11 heteroatoms. The molecule has 33 heavy (non-hydrogen) atoms. The second kappa shape index (κ2) is 9.32. The minimum Gasteiger partial charge on any atom is -0.352 e. The summed E-state index contributed by atoms with van der Waals surface area (Å²) in [5, 5.41) is 5.02. The first-order valence-electron chi connectivity index (χ1n) is 9.72. The predicted octanol–water partition coefficient (Wildman–Crippen LogP) is 4.53. The van der Waals surface area contributed by atoms with Crippen LogP contribution in [0.3, 0.4) is 0 Å². The Labute approximate surface area is 194 Å². The van der Waals surface area contributed by atoms with Crippen molar-refractivity contribution in [1.29, 1.82) is 0 Å². The molecular formula is C22H15ClF3N3O3S. The molecule has 2 amide bonds. The molecule has 2 N–H and O–H groups in total. The number of rotatable bonds is 5. The van der Waals surface area contributed by atoms with Gasteiger partial charge in [-0.1, -0.05) is 29.0 Å². The van der Waals surface area contributed by atoms with Gasteiger partial charge in [0.25, 0.3) is 5.91 Å². The second-order valence-electron chi connectivity index (χ2n) is 7.37. The van der Waals surface area contributed by atoms with E-state index < -0.39 is 35.2 Å². The highest BCUT2D eigenvalue weighted by atomic mass is 35.5. The third-order valence-corrected chi connectivity index (χ3v) is 6.36. The smallest absolute Gasteiger partial charge is 0.261 e. The number of anilines is 1. The second-order valence-corrected chi connectivity index (χ2v) is 8.78. The Balaban J connectivity index is 1.44. The Morgan fingerprint density at radius 3 is 2.55 bits per heavy atom. The fraction of sp³-hybridized carbons (Fsp3) is 0.182. The fourth-order valence-electron chi connectivity index (χ4n) is 3.49. The van der Waals surface area contributed by atoms with Crippen molar-refractivity contribution in [3.05, 3.63) is 80.6 Å². The number of aromatic nitrogens is 1. The molecule has 2 aromatic carbocycles. The van der Waals surface area contributed by atoms with E-state index >= 15 is 0 Å². The van der Waals surface area contributed by atoms with Crippen LogP contribution in [0.15, 0.2) is 36.4 Å². The molecule has 0 spiro atoms. The number of nitrogens with zero attached hydrogens (tertiary/aromatic N) is 1. The fourth-order valence-corrected chi connectivity index (χ4v) is 4.68. The van der Waals surface area contributed by atoms with Crippen LogP contribution < -0.4 is 10.6 Å². The first kappa shape index (κ1) is 22.9. The lowest BCUT2D eigenvalue weighted by Crippen LogP contribution is -2.35. The highest BCUT2D eigenvalue weighted by molar-refractivity contribution is 7.17. The van der Waals surface area contributed by atoms with Crippen molar-refractivity contribution in [2.24, 2.45) is 5.92 Å². The number of halogens is 4. The lowest BCUT2D eigenvalue weighted by molar-refractivity contribution is -0.125. The van der Waals surface area contributed by atoms with Gasteiger partial charge >= 0.3 is 0 Å². The molecule has 170 valence electrons. The maximum absolute atomic E-state index is 14.0. The van der Waals surface area contributed by atoms with Gasteiger partial charge in [0.05, 0.1) is 27.1 Å². The van der Waals surface area contributed by atoms with Crippen molar-refractivity contribution in [3.8, 4) is 0 Å². The first-order valence-corrected chi connectivity index (χ1v) is 10.9. The van der Waals surface area contributed by atoms with Crippen molar-refractivity contribution in [1.82, 2.24) is 10.3 Å². The molecule has 4 rings (SSSR count). The van der Waals surface area contributed by atoms with Crippen LogP contribution in [-0.4, -0.2) is 22.6 Å². The Morgan fingerprint density at radius 2 is 1.85 bits per heavy atom. The van der Waals surface area contributed by atoms with Gasteiger partial charge in [0.1, 0.15) is 17.5 Å². The number of nitrogens with one attached hydrogen (secondary N) is 2. The number of amides is 2. The summed E-state index contributed by atoms with van der Waals surface area (Å²) < 4.78 is 40.6. The molecule has 1 heterocycles. The van der Waals surface area contributed by atoms with E-state index in [1.54, 1.807) is 0 Å². The van der Waals surface area contributed by atoms with Gasteiger partial charge in [-0.3, -0.25) is 19.7 Å². The highest BCUT2D eigenvalue weighted by Crippen LogP contribution is 2.33. The summed E-state index contributed by atoms with van der Waals surface area (Å²) in [5.74, 6) is -4.64. The molecule has 1 aliphatic rings. The van der Waals surface area contributed by atoms with Crippen LogP contribution in [0.1, 0.15) is 37.7 Å². The molecule has 0 aliphatic heterocycles. The summed E-state index contributed by atoms with van der Waals surface area (Å²) in [6, 6.07) is 6.77. The van der Waals surface area contributed by atoms with Crippen molar-refractivity contribution < 1.29 is 27.6 Å². The summed E-state index contributed by atoms with van der Waals surface area (Å²) in [5.41, 5.74) is 0.238. The number of hydrogen-bond donors (Lipinski definition) is 2. The number of benzene rings is 2. The average Bonchev–Trinajstić information content (AvgIpc) is 3.14. The zero-order valence-corrected chi connectivity index (χ0v) is 18.3. The molecule has 0 radical (unpaired) electrons.